The van der Waals surface area contributed by atoms with E-state index >= 15 is 0 Å². The fraction of sp³-hybridized carbons (Fsp3) is 0.250. The van der Waals surface area contributed by atoms with Gasteiger partial charge in [-0.25, -0.2) is 0 Å². The lowest BCUT2D eigenvalue weighted by molar-refractivity contribution is -0.387. The number of nitro groups is 1. The lowest BCUT2D eigenvalue weighted by atomic mass is 10.0. The Labute approximate surface area is 156 Å². The zero-order valence-electron chi connectivity index (χ0n) is 13.0. The third kappa shape index (κ3) is 4.59. The van der Waals surface area contributed by atoms with E-state index in [-0.39, 0.29) is 26.5 Å². The first-order valence-corrected chi connectivity index (χ1v) is 8.66. The van der Waals surface area contributed by atoms with Crippen LogP contribution in [0, 0.1) is 10.1 Å². The van der Waals surface area contributed by atoms with Gasteiger partial charge in [-0.2, -0.15) is 13.2 Å². The molecule has 0 aromatic heterocycles. The number of hydrogen-bond donors (Lipinski definition) is 0. The predicted octanol–water partition coefficient (Wildman–Crippen LogP) is 7.09. The van der Waals surface area contributed by atoms with Gasteiger partial charge in [0.2, 0.25) is 0 Å². The van der Waals surface area contributed by atoms with E-state index in [1.54, 1.807) is 0 Å². The SMILES string of the molecule is CC(C)Sc1cc(-c2c(Cl)cc(C(F)(F)F)cc2Cl)ccc1[N+](=O)[O-]. The van der Waals surface area contributed by atoms with Gasteiger partial charge in [0.05, 0.1) is 25.4 Å². The first kappa shape index (κ1) is 19.9. The van der Waals surface area contributed by atoms with Crippen molar-refractivity contribution in [3.63, 3.8) is 0 Å². The van der Waals surface area contributed by atoms with Crippen LogP contribution in [-0.2, 0) is 6.18 Å². The number of alkyl halides is 3. The maximum absolute atomic E-state index is 12.8. The minimum absolute atomic E-state index is 0.0764. The highest BCUT2D eigenvalue weighted by molar-refractivity contribution is 8.00. The Morgan fingerprint density at radius 2 is 1.68 bits per heavy atom. The van der Waals surface area contributed by atoms with Crippen LogP contribution in [-0.4, -0.2) is 10.2 Å². The van der Waals surface area contributed by atoms with Gasteiger partial charge in [0.1, 0.15) is 0 Å². The van der Waals surface area contributed by atoms with Gasteiger partial charge in [0.25, 0.3) is 5.69 Å². The maximum Gasteiger partial charge on any atom is 0.416 e. The Morgan fingerprint density at radius 1 is 1.12 bits per heavy atom. The molecule has 2 rings (SSSR count). The van der Waals surface area contributed by atoms with Crippen molar-refractivity contribution in [2.45, 2.75) is 30.2 Å². The van der Waals surface area contributed by atoms with Gasteiger partial charge >= 0.3 is 6.18 Å². The molecule has 0 aliphatic carbocycles. The van der Waals surface area contributed by atoms with Crippen molar-refractivity contribution in [3.8, 4) is 11.1 Å². The summed E-state index contributed by atoms with van der Waals surface area (Å²) in [6.07, 6.45) is -4.57. The average molecular weight is 410 g/mol. The third-order valence-corrected chi connectivity index (χ3v) is 4.83. The lowest BCUT2D eigenvalue weighted by Gasteiger charge is -2.14. The molecule has 0 bridgehead atoms. The van der Waals surface area contributed by atoms with Gasteiger partial charge in [-0.15, -0.1) is 11.8 Å². The molecular formula is C16H12Cl2F3NO2S. The largest absolute Gasteiger partial charge is 0.416 e. The highest BCUT2D eigenvalue weighted by Gasteiger charge is 2.32. The van der Waals surface area contributed by atoms with E-state index in [2.05, 4.69) is 0 Å². The molecule has 0 saturated carbocycles. The molecule has 0 amide bonds. The quantitative estimate of drug-likeness (QED) is 0.307. The molecule has 0 fully saturated rings. The van der Waals surface area contributed by atoms with E-state index in [0.29, 0.717) is 10.5 Å². The molecule has 0 heterocycles. The van der Waals surface area contributed by atoms with Crippen LogP contribution in [0.15, 0.2) is 35.2 Å². The fourth-order valence-corrected chi connectivity index (χ4v) is 3.85. The van der Waals surface area contributed by atoms with Crippen molar-refractivity contribution in [2.75, 3.05) is 0 Å². The summed E-state index contributed by atoms with van der Waals surface area (Å²) >= 11 is 13.3. The molecule has 25 heavy (non-hydrogen) atoms. The summed E-state index contributed by atoms with van der Waals surface area (Å²) in [5.41, 5.74) is -0.416. The second-order valence-corrected chi connectivity index (χ2v) is 7.85. The molecule has 0 spiro atoms. The highest BCUT2D eigenvalue weighted by atomic mass is 35.5. The standard InChI is InChI=1S/C16H12Cl2F3NO2S/c1-8(2)25-14-5-9(3-4-13(14)22(23)24)15-11(17)6-10(7-12(15)18)16(19,20)21/h3-8H,1-2H3. The number of nitrogens with zero attached hydrogens (tertiary/aromatic N) is 1. The molecule has 0 unspecified atom stereocenters. The van der Waals surface area contributed by atoms with Crippen molar-refractivity contribution in [1.29, 1.82) is 0 Å². The summed E-state index contributed by atoms with van der Waals surface area (Å²) in [5.74, 6) is 0. The number of rotatable bonds is 4. The number of nitro benzene ring substituents is 1. The average Bonchev–Trinajstić information content (AvgIpc) is 2.44. The van der Waals surface area contributed by atoms with Crippen molar-refractivity contribution >= 4 is 40.7 Å². The molecule has 134 valence electrons. The molecule has 0 aliphatic rings. The van der Waals surface area contributed by atoms with Gasteiger partial charge < -0.3 is 0 Å². The third-order valence-electron chi connectivity index (χ3n) is 3.18. The van der Waals surface area contributed by atoms with Gasteiger partial charge in [0, 0.05) is 16.9 Å². The molecule has 0 saturated heterocycles. The molecule has 3 nitrogen and oxygen atoms in total. The van der Waals surface area contributed by atoms with E-state index in [1.165, 1.54) is 30.0 Å². The molecule has 9 heteroatoms. The van der Waals surface area contributed by atoms with E-state index in [0.717, 1.165) is 12.1 Å². The Kier molecular flexibility index (Phi) is 5.91. The normalized spacial score (nSPS) is 11.8. The summed E-state index contributed by atoms with van der Waals surface area (Å²) in [6.45, 7) is 3.75. The molecule has 0 atom stereocenters. The number of benzene rings is 2. The zero-order chi connectivity index (χ0) is 18.9. The van der Waals surface area contributed by atoms with Crippen LogP contribution in [0.2, 0.25) is 10.0 Å². The second-order valence-electron chi connectivity index (χ2n) is 5.42. The van der Waals surface area contributed by atoms with Crippen LogP contribution >= 0.6 is 35.0 Å². The molecule has 0 radical (unpaired) electrons. The monoisotopic (exact) mass is 409 g/mol. The minimum Gasteiger partial charge on any atom is -0.258 e. The van der Waals surface area contributed by atoms with Gasteiger partial charge in [-0.3, -0.25) is 10.1 Å². The topological polar surface area (TPSA) is 43.1 Å². The van der Waals surface area contributed by atoms with Crippen LogP contribution in [0.5, 0.6) is 0 Å². The minimum atomic E-state index is -4.57. The zero-order valence-corrected chi connectivity index (χ0v) is 15.4. The Bertz CT molecular complexity index is 803. The summed E-state index contributed by atoms with van der Waals surface area (Å²) in [5, 5.41) is 10.9. The maximum atomic E-state index is 12.8. The van der Waals surface area contributed by atoms with Gasteiger partial charge in [0.15, 0.2) is 0 Å². The van der Waals surface area contributed by atoms with Crippen molar-refractivity contribution in [3.05, 3.63) is 56.1 Å². The molecule has 0 aliphatic heterocycles. The van der Waals surface area contributed by atoms with Crippen LogP contribution in [0.3, 0.4) is 0 Å². The van der Waals surface area contributed by atoms with Crippen LogP contribution < -0.4 is 0 Å². The van der Waals surface area contributed by atoms with E-state index in [9.17, 15) is 23.3 Å². The first-order valence-electron chi connectivity index (χ1n) is 7.02. The van der Waals surface area contributed by atoms with Crippen LogP contribution in [0.25, 0.3) is 11.1 Å². The van der Waals surface area contributed by atoms with Gasteiger partial charge in [-0.05, 0) is 29.8 Å². The molecule has 2 aromatic carbocycles. The Balaban J connectivity index is 2.61. The fourth-order valence-electron chi connectivity index (χ4n) is 2.18. The van der Waals surface area contributed by atoms with Gasteiger partial charge in [-0.1, -0.05) is 37.0 Å². The summed E-state index contributed by atoms with van der Waals surface area (Å²) in [7, 11) is 0. The van der Waals surface area contributed by atoms with Crippen LogP contribution in [0.1, 0.15) is 19.4 Å². The Hall–Kier alpha value is -1.44. The number of halogens is 5. The van der Waals surface area contributed by atoms with E-state index < -0.39 is 16.7 Å². The number of hydrogen-bond acceptors (Lipinski definition) is 3. The number of thioether (sulfide) groups is 1. The lowest BCUT2D eigenvalue weighted by Crippen LogP contribution is -2.05. The second kappa shape index (κ2) is 7.43. The molecular weight excluding hydrogens is 398 g/mol. The Morgan fingerprint density at radius 3 is 2.12 bits per heavy atom. The highest BCUT2D eigenvalue weighted by Crippen LogP contribution is 2.43. The van der Waals surface area contributed by atoms with E-state index in [1.807, 2.05) is 13.8 Å². The summed E-state index contributed by atoms with van der Waals surface area (Å²) in [6, 6.07) is 5.81. The molecule has 0 N–H and O–H groups in total. The van der Waals surface area contributed by atoms with Crippen molar-refractivity contribution < 1.29 is 18.1 Å². The van der Waals surface area contributed by atoms with Crippen molar-refractivity contribution in [1.82, 2.24) is 0 Å². The summed E-state index contributed by atoms with van der Waals surface area (Å²) < 4.78 is 38.5. The summed E-state index contributed by atoms with van der Waals surface area (Å²) in [4.78, 5) is 11.0. The first-order chi connectivity index (χ1) is 11.5. The van der Waals surface area contributed by atoms with Crippen LogP contribution in [0.4, 0.5) is 18.9 Å². The predicted molar refractivity (Wildman–Crippen MR) is 94.5 cm³/mol. The smallest absolute Gasteiger partial charge is 0.258 e. The molecule has 2 aromatic rings. The van der Waals surface area contributed by atoms with E-state index in [4.69, 9.17) is 23.2 Å². The van der Waals surface area contributed by atoms with Crippen molar-refractivity contribution in [2.24, 2.45) is 0 Å².